The largest absolute Gasteiger partial charge is 0.419 e. The third kappa shape index (κ3) is 3.51. The molecule has 0 spiro atoms. The molecule has 0 aliphatic heterocycles. The Morgan fingerprint density at radius 1 is 1.15 bits per heavy atom. The van der Waals surface area contributed by atoms with Crippen molar-refractivity contribution in [2.75, 3.05) is 0 Å². The van der Waals surface area contributed by atoms with Crippen molar-refractivity contribution in [2.24, 2.45) is 5.92 Å². The molecule has 0 saturated heterocycles. The van der Waals surface area contributed by atoms with E-state index in [1.54, 1.807) is 0 Å². The van der Waals surface area contributed by atoms with E-state index < -0.39 is 23.7 Å². The quantitative estimate of drug-likeness (QED) is 0.789. The molecule has 1 unspecified atom stereocenters. The van der Waals surface area contributed by atoms with Crippen molar-refractivity contribution in [3.05, 3.63) is 35.1 Å². The van der Waals surface area contributed by atoms with Crippen LogP contribution >= 0.6 is 0 Å². The van der Waals surface area contributed by atoms with Crippen molar-refractivity contribution < 1.29 is 22.7 Å². The van der Waals surface area contributed by atoms with E-state index >= 15 is 0 Å². The van der Waals surface area contributed by atoms with E-state index in [2.05, 4.69) is 0 Å². The van der Waals surface area contributed by atoms with Crippen LogP contribution in [0, 0.1) is 11.7 Å². The van der Waals surface area contributed by atoms with Gasteiger partial charge in [0.05, 0.1) is 11.7 Å². The number of benzene rings is 1. The highest BCUT2D eigenvalue weighted by Crippen LogP contribution is 2.37. The average molecular weight is 290 g/mol. The van der Waals surface area contributed by atoms with E-state index in [0.29, 0.717) is 12.5 Å². The second kappa shape index (κ2) is 6.12. The Kier molecular flexibility index (Phi) is 4.68. The van der Waals surface area contributed by atoms with Crippen LogP contribution in [-0.4, -0.2) is 5.11 Å². The Hall–Kier alpha value is -1.10. The van der Waals surface area contributed by atoms with Crippen LogP contribution in [0.5, 0.6) is 0 Å². The fraction of sp³-hybridized carbons (Fsp3) is 0.600. The summed E-state index contributed by atoms with van der Waals surface area (Å²) in [5, 5.41) is 10.0. The lowest BCUT2D eigenvalue weighted by Gasteiger charge is -2.24. The van der Waals surface area contributed by atoms with Gasteiger partial charge in [0.2, 0.25) is 0 Å². The summed E-state index contributed by atoms with van der Waals surface area (Å²) in [5.74, 6) is -1.07. The molecule has 1 saturated carbocycles. The Labute approximate surface area is 115 Å². The van der Waals surface area contributed by atoms with Crippen LogP contribution in [-0.2, 0) is 6.18 Å². The lowest BCUT2D eigenvalue weighted by molar-refractivity contribution is -0.140. The average Bonchev–Trinajstić information content (AvgIpc) is 2.38. The molecule has 112 valence electrons. The van der Waals surface area contributed by atoms with Gasteiger partial charge in [-0.05, 0) is 18.4 Å². The Balaban J connectivity index is 2.15. The lowest BCUT2D eigenvalue weighted by atomic mass is 9.84. The van der Waals surface area contributed by atoms with Gasteiger partial charge in [0.15, 0.2) is 0 Å². The van der Waals surface area contributed by atoms with Crippen molar-refractivity contribution in [3.8, 4) is 0 Å². The number of rotatable bonds is 3. The first kappa shape index (κ1) is 15.3. The van der Waals surface area contributed by atoms with E-state index in [-0.39, 0.29) is 11.5 Å². The van der Waals surface area contributed by atoms with Crippen molar-refractivity contribution in [2.45, 2.75) is 50.8 Å². The van der Waals surface area contributed by atoms with Gasteiger partial charge < -0.3 is 5.11 Å². The topological polar surface area (TPSA) is 20.2 Å². The van der Waals surface area contributed by atoms with Gasteiger partial charge in [0.1, 0.15) is 5.82 Å². The summed E-state index contributed by atoms with van der Waals surface area (Å²) in [5.41, 5.74) is -1.55. The maximum Gasteiger partial charge on any atom is 0.419 e. The maximum absolute atomic E-state index is 13.9. The van der Waals surface area contributed by atoms with Crippen LogP contribution in [0.2, 0.25) is 0 Å². The SMILES string of the molecule is OC(CC1CCCCC1)c1cccc(C(F)(F)F)c1F. The molecule has 0 heterocycles. The normalized spacial score (nSPS) is 19.1. The molecule has 1 fully saturated rings. The molecule has 5 heteroatoms. The summed E-state index contributed by atoms with van der Waals surface area (Å²) in [4.78, 5) is 0. The van der Waals surface area contributed by atoms with Gasteiger partial charge in [-0.1, -0.05) is 44.2 Å². The summed E-state index contributed by atoms with van der Waals surface area (Å²) < 4.78 is 51.8. The van der Waals surface area contributed by atoms with E-state index in [4.69, 9.17) is 0 Å². The van der Waals surface area contributed by atoms with Crippen LogP contribution in [0.1, 0.15) is 55.8 Å². The molecule has 1 N–H and O–H groups in total. The number of hydrogen-bond donors (Lipinski definition) is 1. The second-order valence-corrected chi connectivity index (χ2v) is 5.46. The zero-order valence-corrected chi connectivity index (χ0v) is 11.1. The second-order valence-electron chi connectivity index (χ2n) is 5.46. The molecular formula is C15H18F4O. The number of alkyl halides is 3. The van der Waals surface area contributed by atoms with Crippen LogP contribution < -0.4 is 0 Å². The molecule has 1 aromatic carbocycles. The third-order valence-electron chi connectivity index (χ3n) is 3.97. The molecule has 0 aromatic heterocycles. The number of halogens is 4. The summed E-state index contributed by atoms with van der Waals surface area (Å²) in [7, 11) is 0. The first-order chi connectivity index (χ1) is 9.39. The minimum absolute atomic E-state index is 0.245. The zero-order chi connectivity index (χ0) is 14.8. The van der Waals surface area contributed by atoms with Crippen LogP contribution in [0.4, 0.5) is 17.6 Å². The molecule has 20 heavy (non-hydrogen) atoms. The van der Waals surface area contributed by atoms with Gasteiger partial charge in [0, 0.05) is 5.56 Å². The maximum atomic E-state index is 13.9. The van der Waals surface area contributed by atoms with Crippen LogP contribution in [0.15, 0.2) is 18.2 Å². The monoisotopic (exact) mass is 290 g/mol. The summed E-state index contributed by atoms with van der Waals surface area (Å²) in [6.07, 6.45) is -0.353. The molecule has 2 rings (SSSR count). The van der Waals surface area contributed by atoms with Crippen molar-refractivity contribution in [1.29, 1.82) is 0 Å². The molecule has 0 amide bonds. The Bertz CT molecular complexity index is 450. The number of hydrogen-bond acceptors (Lipinski definition) is 1. The fourth-order valence-corrected chi connectivity index (χ4v) is 2.89. The third-order valence-corrected chi connectivity index (χ3v) is 3.97. The van der Waals surface area contributed by atoms with E-state index in [1.807, 2.05) is 0 Å². The van der Waals surface area contributed by atoms with Crippen molar-refractivity contribution in [3.63, 3.8) is 0 Å². The highest BCUT2D eigenvalue weighted by molar-refractivity contribution is 5.29. The summed E-state index contributed by atoms with van der Waals surface area (Å²) in [6, 6.07) is 3.08. The highest BCUT2D eigenvalue weighted by atomic mass is 19.4. The van der Waals surface area contributed by atoms with Crippen molar-refractivity contribution in [1.82, 2.24) is 0 Å². The number of aliphatic hydroxyl groups is 1. The zero-order valence-electron chi connectivity index (χ0n) is 11.1. The van der Waals surface area contributed by atoms with Crippen LogP contribution in [0.3, 0.4) is 0 Å². The molecule has 1 atom stereocenters. The van der Waals surface area contributed by atoms with Gasteiger partial charge in [-0.25, -0.2) is 4.39 Å². The summed E-state index contributed by atoms with van der Waals surface area (Å²) >= 11 is 0. The first-order valence-corrected chi connectivity index (χ1v) is 6.93. The summed E-state index contributed by atoms with van der Waals surface area (Å²) in [6.45, 7) is 0. The van der Waals surface area contributed by atoms with Gasteiger partial charge in [-0.2, -0.15) is 13.2 Å². The van der Waals surface area contributed by atoms with Gasteiger partial charge in [0.25, 0.3) is 0 Å². The highest BCUT2D eigenvalue weighted by Gasteiger charge is 2.35. The van der Waals surface area contributed by atoms with E-state index in [1.165, 1.54) is 6.07 Å². The van der Waals surface area contributed by atoms with Crippen molar-refractivity contribution >= 4 is 0 Å². The first-order valence-electron chi connectivity index (χ1n) is 6.93. The smallest absolute Gasteiger partial charge is 0.388 e. The molecule has 1 aromatic rings. The van der Waals surface area contributed by atoms with E-state index in [0.717, 1.165) is 38.2 Å². The van der Waals surface area contributed by atoms with Gasteiger partial charge >= 0.3 is 6.18 Å². The van der Waals surface area contributed by atoms with Gasteiger partial charge in [-0.15, -0.1) is 0 Å². The molecule has 0 radical (unpaired) electrons. The van der Waals surface area contributed by atoms with E-state index in [9.17, 15) is 22.7 Å². The van der Waals surface area contributed by atoms with Crippen LogP contribution in [0.25, 0.3) is 0 Å². The standard InChI is InChI=1S/C15H18F4O/c16-14-11(7-4-8-12(14)15(17,18)19)13(20)9-10-5-2-1-3-6-10/h4,7-8,10,13,20H,1-3,5-6,9H2. The minimum atomic E-state index is -4.73. The Morgan fingerprint density at radius 3 is 2.40 bits per heavy atom. The number of aliphatic hydroxyl groups excluding tert-OH is 1. The molecular weight excluding hydrogens is 272 g/mol. The molecule has 1 nitrogen and oxygen atoms in total. The van der Waals surface area contributed by atoms with Gasteiger partial charge in [-0.3, -0.25) is 0 Å². The fourth-order valence-electron chi connectivity index (χ4n) is 2.89. The molecule has 1 aliphatic rings. The lowest BCUT2D eigenvalue weighted by Crippen LogP contribution is -2.15. The minimum Gasteiger partial charge on any atom is -0.388 e. The molecule has 1 aliphatic carbocycles. The Morgan fingerprint density at radius 2 is 1.80 bits per heavy atom. The molecule has 0 bridgehead atoms. The predicted octanol–water partition coefficient (Wildman–Crippen LogP) is 4.85. The predicted molar refractivity (Wildman–Crippen MR) is 67.6 cm³/mol.